The first-order valence-electron chi connectivity index (χ1n) is 6.83. The topological polar surface area (TPSA) is 91.2 Å². The minimum atomic E-state index is -0.590. The number of hydrogen-bond acceptors (Lipinski definition) is 6. The molecule has 3 rings (SSSR count). The van der Waals surface area contributed by atoms with Crippen LogP contribution in [0.4, 0.5) is 5.69 Å². The van der Waals surface area contributed by atoms with Gasteiger partial charge in [-0.25, -0.2) is 4.79 Å². The van der Waals surface area contributed by atoms with E-state index in [2.05, 4.69) is 26.1 Å². The number of nitrogens with zero attached hydrogens (tertiary/aromatic N) is 2. The molecular weight excluding hydrogens is 398 g/mol. The number of aromatic nitrogens is 2. The Morgan fingerprint density at radius 2 is 1.96 bits per heavy atom. The van der Waals surface area contributed by atoms with Gasteiger partial charge in [0, 0.05) is 20.7 Å². The molecule has 0 amide bonds. The van der Waals surface area contributed by atoms with E-state index in [9.17, 15) is 4.79 Å². The molecule has 0 radical (unpaired) electrons. The van der Waals surface area contributed by atoms with E-state index in [1.165, 1.54) is 12.1 Å². The molecule has 0 aliphatic carbocycles. The van der Waals surface area contributed by atoms with Crippen LogP contribution in [0.1, 0.15) is 16.2 Å². The maximum atomic E-state index is 12.0. The van der Waals surface area contributed by atoms with Gasteiger partial charge in [-0.3, -0.25) is 0 Å². The molecule has 0 saturated heterocycles. The van der Waals surface area contributed by atoms with E-state index < -0.39 is 5.97 Å². The number of nitrogen functional groups attached to an aromatic ring is 1. The number of carbonyl (C=O) groups excluding carboxylic acids is 1. The standard InChI is InChI=1S/C16H11BrClN3O3/c17-10-3-1-9(2-4-10)15-21-20-14(24-15)8-23-16(22)12-6-5-11(18)7-13(12)19/h1-7H,8,19H2. The second-order valence-electron chi connectivity index (χ2n) is 4.82. The van der Waals surface area contributed by atoms with Crippen LogP contribution in [0, 0.1) is 0 Å². The predicted octanol–water partition coefficient (Wildman–Crippen LogP) is 4.09. The fourth-order valence-corrected chi connectivity index (χ4v) is 2.39. The SMILES string of the molecule is Nc1cc(Cl)ccc1C(=O)OCc1nnc(-c2ccc(Br)cc2)o1. The summed E-state index contributed by atoms with van der Waals surface area (Å²) in [5, 5.41) is 8.23. The molecular formula is C16H11BrClN3O3. The molecule has 0 aliphatic rings. The molecule has 0 fully saturated rings. The zero-order valence-electron chi connectivity index (χ0n) is 12.2. The summed E-state index contributed by atoms with van der Waals surface area (Å²) in [6, 6.07) is 11.9. The average Bonchev–Trinajstić information content (AvgIpc) is 3.02. The maximum Gasteiger partial charge on any atom is 0.340 e. The average molecular weight is 409 g/mol. The van der Waals surface area contributed by atoms with Gasteiger partial charge in [0.15, 0.2) is 6.61 Å². The molecule has 0 aliphatic heterocycles. The lowest BCUT2D eigenvalue weighted by Crippen LogP contribution is -2.08. The highest BCUT2D eigenvalue weighted by Gasteiger charge is 2.14. The summed E-state index contributed by atoms with van der Waals surface area (Å²) in [6.07, 6.45) is 0. The minimum absolute atomic E-state index is 0.148. The van der Waals surface area contributed by atoms with E-state index in [0.717, 1.165) is 10.0 Å². The fraction of sp³-hybridized carbons (Fsp3) is 0.0625. The lowest BCUT2D eigenvalue weighted by molar-refractivity contribution is 0.0440. The van der Waals surface area contributed by atoms with Gasteiger partial charge in [-0.2, -0.15) is 0 Å². The molecule has 1 heterocycles. The van der Waals surface area contributed by atoms with Crippen LogP contribution in [0.3, 0.4) is 0 Å². The van der Waals surface area contributed by atoms with E-state index in [4.69, 9.17) is 26.5 Å². The first-order chi connectivity index (χ1) is 11.5. The van der Waals surface area contributed by atoms with Gasteiger partial charge in [-0.05, 0) is 42.5 Å². The molecule has 24 heavy (non-hydrogen) atoms. The zero-order chi connectivity index (χ0) is 17.1. The molecule has 6 nitrogen and oxygen atoms in total. The van der Waals surface area contributed by atoms with E-state index in [1.807, 2.05) is 24.3 Å². The summed E-state index contributed by atoms with van der Waals surface area (Å²) in [5.74, 6) is -0.0547. The predicted molar refractivity (Wildman–Crippen MR) is 92.4 cm³/mol. The first kappa shape index (κ1) is 16.5. The Bertz CT molecular complexity index is 881. The van der Waals surface area contributed by atoms with Gasteiger partial charge in [0.2, 0.25) is 5.89 Å². The summed E-state index contributed by atoms with van der Waals surface area (Å²) >= 11 is 9.15. The Kier molecular flexibility index (Phi) is 4.82. The van der Waals surface area contributed by atoms with Crippen molar-refractivity contribution in [2.45, 2.75) is 6.61 Å². The van der Waals surface area contributed by atoms with Crippen molar-refractivity contribution in [2.75, 3.05) is 5.73 Å². The summed E-state index contributed by atoms with van der Waals surface area (Å²) < 4.78 is 11.6. The highest BCUT2D eigenvalue weighted by Crippen LogP contribution is 2.22. The quantitative estimate of drug-likeness (QED) is 0.516. The van der Waals surface area contributed by atoms with Crippen LogP contribution in [-0.2, 0) is 11.3 Å². The number of anilines is 1. The summed E-state index contributed by atoms with van der Waals surface area (Å²) in [7, 11) is 0. The third kappa shape index (κ3) is 3.74. The molecule has 1 aromatic heterocycles. The smallest absolute Gasteiger partial charge is 0.340 e. The van der Waals surface area contributed by atoms with Crippen LogP contribution in [0.2, 0.25) is 5.02 Å². The van der Waals surface area contributed by atoms with E-state index in [-0.39, 0.29) is 23.7 Å². The molecule has 0 atom stereocenters. The number of hydrogen-bond donors (Lipinski definition) is 1. The Morgan fingerprint density at radius 1 is 1.21 bits per heavy atom. The lowest BCUT2D eigenvalue weighted by Gasteiger charge is -2.05. The Balaban J connectivity index is 1.67. The van der Waals surface area contributed by atoms with Gasteiger partial charge in [-0.15, -0.1) is 10.2 Å². The van der Waals surface area contributed by atoms with Crippen LogP contribution in [0.25, 0.3) is 11.5 Å². The Hall–Kier alpha value is -2.38. The van der Waals surface area contributed by atoms with Crippen molar-refractivity contribution in [3.8, 4) is 11.5 Å². The Morgan fingerprint density at radius 3 is 2.67 bits per heavy atom. The van der Waals surface area contributed by atoms with Crippen molar-refractivity contribution >= 4 is 39.2 Å². The van der Waals surface area contributed by atoms with Gasteiger partial charge in [0.1, 0.15) is 0 Å². The van der Waals surface area contributed by atoms with Crippen molar-refractivity contribution in [1.29, 1.82) is 0 Å². The van der Waals surface area contributed by atoms with Gasteiger partial charge in [0.05, 0.1) is 5.56 Å². The number of ether oxygens (including phenoxy) is 1. The highest BCUT2D eigenvalue weighted by atomic mass is 79.9. The van der Waals surface area contributed by atoms with Crippen LogP contribution in [-0.4, -0.2) is 16.2 Å². The second-order valence-corrected chi connectivity index (χ2v) is 6.17. The van der Waals surface area contributed by atoms with Gasteiger partial charge in [0.25, 0.3) is 5.89 Å². The molecule has 2 aromatic carbocycles. The third-order valence-corrected chi connectivity index (χ3v) is 3.88. The van der Waals surface area contributed by atoms with Gasteiger partial charge >= 0.3 is 5.97 Å². The number of esters is 1. The first-order valence-corrected chi connectivity index (χ1v) is 8.00. The van der Waals surface area contributed by atoms with Crippen molar-refractivity contribution in [2.24, 2.45) is 0 Å². The van der Waals surface area contributed by atoms with Crippen molar-refractivity contribution < 1.29 is 13.9 Å². The van der Waals surface area contributed by atoms with Gasteiger partial charge < -0.3 is 14.9 Å². The monoisotopic (exact) mass is 407 g/mol. The van der Waals surface area contributed by atoms with E-state index in [1.54, 1.807) is 6.07 Å². The summed E-state index contributed by atoms with van der Waals surface area (Å²) in [5.41, 5.74) is 6.98. The van der Waals surface area contributed by atoms with Crippen LogP contribution >= 0.6 is 27.5 Å². The highest BCUT2D eigenvalue weighted by molar-refractivity contribution is 9.10. The number of halogens is 2. The van der Waals surface area contributed by atoms with Crippen LogP contribution in [0.15, 0.2) is 51.4 Å². The fourth-order valence-electron chi connectivity index (χ4n) is 1.95. The van der Waals surface area contributed by atoms with Crippen molar-refractivity contribution in [3.63, 3.8) is 0 Å². The van der Waals surface area contributed by atoms with E-state index >= 15 is 0 Å². The largest absolute Gasteiger partial charge is 0.452 e. The summed E-state index contributed by atoms with van der Waals surface area (Å²) in [4.78, 5) is 12.0. The summed E-state index contributed by atoms with van der Waals surface area (Å²) in [6.45, 7) is -0.148. The minimum Gasteiger partial charge on any atom is -0.452 e. The molecule has 3 aromatic rings. The zero-order valence-corrected chi connectivity index (χ0v) is 14.5. The van der Waals surface area contributed by atoms with Crippen molar-refractivity contribution in [3.05, 3.63) is 63.4 Å². The van der Waals surface area contributed by atoms with Crippen LogP contribution in [0.5, 0.6) is 0 Å². The molecule has 0 bridgehead atoms. The molecule has 0 unspecified atom stereocenters. The van der Waals surface area contributed by atoms with Crippen molar-refractivity contribution in [1.82, 2.24) is 10.2 Å². The van der Waals surface area contributed by atoms with Gasteiger partial charge in [-0.1, -0.05) is 27.5 Å². The van der Waals surface area contributed by atoms with Crippen LogP contribution < -0.4 is 5.73 Å². The molecule has 8 heteroatoms. The molecule has 0 spiro atoms. The second kappa shape index (κ2) is 7.02. The maximum absolute atomic E-state index is 12.0. The normalized spacial score (nSPS) is 10.6. The molecule has 122 valence electrons. The third-order valence-electron chi connectivity index (χ3n) is 3.12. The number of carbonyl (C=O) groups is 1. The number of nitrogens with two attached hydrogens (primary N) is 1. The lowest BCUT2D eigenvalue weighted by atomic mass is 10.2. The Labute approximate surface area is 150 Å². The molecule has 2 N–H and O–H groups in total. The van der Waals surface area contributed by atoms with E-state index in [0.29, 0.717) is 10.9 Å². The molecule has 0 saturated carbocycles. The number of benzene rings is 2. The number of rotatable bonds is 4.